The van der Waals surface area contributed by atoms with Gasteiger partial charge in [0.1, 0.15) is 22.0 Å². The average Bonchev–Trinajstić information content (AvgIpc) is 2.87. The van der Waals surface area contributed by atoms with Gasteiger partial charge in [-0.3, -0.25) is 5.10 Å². The van der Waals surface area contributed by atoms with Crippen molar-refractivity contribution in [2.24, 2.45) is 0 Å². The normalized spacial score (nSPS) is 13.7. The van der Waals surface area contributed by atoms with Crippen LogP contribution in [0.3, 0.4) is 0 Å². The van der Waals surface area contributed by atoms with Crippen molar-refractivity contribution in [2.45, 2.75) is 39.2 Å². The Labute approximate surface area is 109 Å². The molecule has 1 unspecified atom stereocenters. The molecule has 2 N–H and O–H groups in total. The quantitative estimate of drug-likeness (QED) is 0.703. The number of nitrogens with zero attached hydrogens (tertiary/aromatic N) is 2. The smallest absolute Gasteiger partial charge is 0.150 e. The van der Waals surface area contributed by atoms with E-state index in [9.17, 15) is 8.42 Å². The molecule has 0 saturated carbocycles. The first-order chi connectivity index (χ1) is 8.59. The van der Waals surface area contributed by atoms with Crippen molar-refractivity contribution in [2.75, 3.05) is 18.1 Å². The molecular weight excluding hydrogens is 252 g/mol. The summed E-state index contributed by atoms with van der Waals surface area (Å²) in [6.45, 7) is 4.65. The summed E-state index contributed by atoms with van der Waals surface area (Å²) >= 11 is 0. The molecule has 0 aliphatic heterocycles. The Balaban J connectivity index is 2.47. The molecule has 1 atom stereocenters. The second-order valence-corrected chi connectivity index (χ2v) is 6.73. The average molecular weight is 274 g/mol. The predicted molar refractivity (Wildman–Crippen MR) is 71.0 cm³/mol. The molecule has 7 heteroatoms. The number of aromatic nitrogens is 3. The second kappa shape index (κ2) is 7.48. The minimum absolute atomic E-state index is 0.0551. The molecule has 0 radical (unpaired) electrons. The lowest BCUT2D eigenvalue weighted by Gasteiger charge is -2.15. The number of rotatable bonds is 9. The van der Waals surface area contributed by atoms with Crippen LogP contribution in [0, 0.1) is 0 Å². The molecule has 0 fully saturated rings. The first-order valence-electron chi connectivity index (χ1n) is 6.38. The van der Waals surface area contributed by atoms with Crippen molar-refractivity contribution in [3.63, 3.8) is 0 Å². The minimum atomic E-state index is -2.88. The highest BCUT2D eigenvalue weighted by Crippen LogP contribution is 2.14. The lowest BCUT2D eigenvalue weighted by atomic mass is 10.1. The van der Waals surface area contributed by atoms with Gasteiger partial charge in [0.15, 0.2) is 0 Å². The molecule has 18 heavy (non-hydrogen) atoms. The molecule has 0 aromatic carbocycles. The third-order valence-electron chi connectivity index (χ3n) is 2.79. The summed E-state index contributed by atoms with van der Waals surface area (Å²) in [6.07, 6.45) is 3.88. The summed E-state index contributed by atoms with van der Waals surface area (Å²) in [6, 6.07) is 0.0551. The first kappa shape index (κ1) is 15.1. The molecule has 1 rings (SSSR count). The highest BCUT2D eigenvalue weighted by molar-refractivity contribution is 7.91. The van der Waals surface area contributed by atoms with Crippen LogP contribution in [0.4, 0.5) is 0 Å². The Morgan fingerprint density at radius 1 is 1.44 bits per heavy atom. The Kier molecular flexibility index (Phi) is 6.28. The number of aromatic amines is 1. The summed E-state index contributed by atoms with van der Waals surface area (Å²) in [7, 11) is -2.88. The van der Waals surface area contributed by atoms with Gasteiger partial charge in [0.05, 0.1) is 11.8 Å². The molecular formula is C11H22N4O2S. The maximum absolute atomic E-state index is 11.4. The molecule has 1 aromatic heterocycles. The monoisotopic (exact) mass is 274 g/mol. The molecule has 1 heterocycles. The topological polar surface area (TPSA) is 87.7 Å². The van der Waals surface area contributed by atoms with E-state index in [1.165, 1.54) is 6.33 Å². The zero-order valence-corrected chi connectivity index (χ0v) is 11.8. The molecule has 6 nitrogen and oxygen atoms in total. The zero-order chi connectivity index (χ0) is 13.4. The molecule has 104 valence electrons. The van der Waals surface area contributed by atoms with Gasteiger partial charge >= 0.3 is 0 Å². The van der Waals surface area contributed by atoms with Crippen molar-refractivity contribution in [1.29, 1.82) is 0 Å². The van der Waals surface area contributed by atoms with E-state index < -0.39 is 9.84 Å². The van der Waals surface area contributed by atoms with E-state index in [4.69, 9.17) is 0 Å². The third kappa shape index (κ3) is 5.14. The van der Waals surface area contributed by atoms with Crippen LogP contribution in [0.1, 0.15) is 45.0 Å². The fourth-order valence-corrected chi connectivity index (χ4v) is 2.58. The standard InChI is InChI=1S/C11H22N4O2S/c1-3-7-12-10(11-13-9-14-15-11)6-5-8-18(16,17)4-2/h9-10,12H,3-8H2,1-2H3,(H,13,14,15). The van der Waals surface area contributed by atoms with Gasteiger partial charge < -0.3 is 5.32 Å². The van der Waals surface area contributed by atoms with Gasteiger partial charge in [-0.2, -0.15) is 5.10 Å². The van der Waals surface area contributed by atoms with E-state index in [0.717, 1.165) is 25.2 Å². The van der Waals surface area contributed by atoms with E-state index in [2.05, 4.69) is 27.4 Å². The maximum atomic E-state index is 11.4. The highest BCUT2D eigenvalue weighted by atomic mass is 32.2. The Hall–Kier alpha value is -0.950. The van der Waals surface area contributed by atoms with Gasteiger partial charge in [0, 0.05) is 5.75 Å². The van der Waals surface area contributed by atoms with Crippen LogP contribution in [-0.4, -0.2) is 41.6 Å². The summed E-state index contributed by atoms with van der Waals surface area (Å²) in [5.41, 5.74) is 0. The lowest BCUT2D eigenvalue weighted by Crippen LogP contribution is -2.24. The van der Waals surface area contributed by atoms with Gasteiger partial charge in [0.25, 0.3) is 0 Å². The van der Waals surface area contributed by atoms with Crippen LogP contribution < -0.4 is 5.32 Å². The van der Waals surface area contributed by atoms with Crippen LogP contribution in [0.15, 0.2) is 6.33 Å². The summed E-state index contributed by atoms with van der Waals surface area (Å²) in [5.74, 6) is 1.22. The third-order valence-corrected chi connectivity index (χ3v) is 4.58. The van der Waals surface area contributed by atoms with Crippen LogP contribution in [0.25, 0.3) is 0 Å². The van der Waals surface area contributed by atoms with Crippen LogP contribution in [-0.2, 0) is 9.84 Å². The van der Waals surface area contributed by atoms with Gasteiger partial charge in [-0.05, 0) is 25.8 Å². The fourth-order valence-electron chi connectivity index (χ4n) is 1.69. The largest absolute Gasteiger partial charge is 0.307 e. The molecule has 0 amide bonds. The van der Waals surface area contributed by atoms with E-state index >= 15 is 0 Å². The van der Waals surface area contributed by atoms with Crippen molar-refractivity contribution >= 4 is 9.84 Å². The fraction of sp³-hybridized carbons (Fsp3) is 0.818. The van der Waals surface area contributed by atoms with Crippen molar-refractivity contribution < 1.29 is 8.42 Å². The van der Waals surface area contributed by atoms with E-state index in [1.54, 1.807) is 6.92 Å². The maximum Gasteiger partial charge on any atom is 0.150 e. The van der Waals surface area contributed by atoms with Crippen LogP contribution in [0.2, 0.25) is 0 Å². The summed E-state index contributed by atoms with van der Waals surface area (Å²) in [5, 5.41) is 10.0. The van der Waals surface area contributed by atoms with Crippen LogP contribution >= 0.6 is 0 Å². The van der Waals surface area contributed by atoms with E-state index in [1.807, 2.05) is 0 Å². The number of nitrogens with one attached hydrogen (secondary N) is 2. The molecule has 0 bridgehead atoms. The Morgan fingerprint density at radius 3 is 2.78 bits per heavy atom. The van der Waals surface area contributed by atoms with Gasteiger partial charge in [-0.25, -0.2) is 13.4 Å². The summed E-state index contributed by atoms with van der Waals surface area (Å²) in [4.78, 5) is 4.13. The number of sulfone groups is 1. The SMILES string of the molecule is CCCNC(CCCS(=O)(=O)CC)c1ncn[nH]1. The zero-order valence-electron chi connectivity index (χ0n) is 11.0. The van der Waals surface area contributed by atoms with Gasteiger partial charge in [-0.15, -0.1) is 0 Å². The summed E-state index contributed by atoms with van der Waals surface area (Å²) < 4.78 is 22.9. The molecule has 0 aliphatic carbocycles. The number of H-pyrrole nitrogens is 1. The predicted octanol–water partition coefficient (Wildman–Crippen LogP) is 1.06. The Morgan fingerprint density at radius 2 is 2.22 bits per heavy atom. The molecule has 0 aliphatic rings. The Bertz CT molecular complexity index is 416. The number of hydrogen-bond acceptors (Lipinski definition) is 5. The van der Waals surface area contributed by atoms with Crippen molar-refractivity contribution in [3.05, 3.63) is 12.2 Å². The van der Waals surface area contributed by atoms with Crippen LogP contribution in [0.5, 0.6) is 0 Å². The van der Waals surface area contributed by atoms with Gasteiger partial charge in [-0.1, -0.05) is 13.8 Å². The van der Waals surface area contributed by atoms with Crippen molar-refractivity contribution in [1.82, 2.24) is 20.5 Å². The molecule has 1 aromatic rings. The second-order valence-electron chi connectivity index (χ2n) is 4.26. The minimum Gasteiger partial charge on any atom is -0.307 e. The van der Waals surface area contributed by atoms with E-state index in [0.29, 0.717) is 6.42 Å². The number of hydrogen-bond donors (Lipinski definition) is 2. The van der Waals surface area contributed by atoms with Crippen molar-refractivity contribution in [3.8, 4) is 0 Å². The molecule has 0 saturated heterocycles. The lowest BCUT2D eigenvalue weighted by molar-refractivity contribution is 0.472. The first-order valence-corrected chi connectivity index (χ1v) is 8.20. The van der Waals surface area contributed by atoms with E-state index in [-0.39, 0.29) is 17.5 Å². The highest BCUT2D eigenvalue weighted by Gasteiger charge is 2.15. The molecule has 0 spiro atoms. The van der Waals surface area contributed by atoms with Gasteiger partial charge in [0.2, 0.25) is 0 Å².